The van der Waals surface area contributed by atoms with Crippen LogP contribution in [0.25, 0.3) is 0 Å². The third-order valence-corrected chi connectivity index (χ3v) is 3.22. The summed E-state index contributed by atoms with van der Waals surface area (Å²) < 4.78 is 0.991. The third kappa shape index (κ3) is 2.84. The maximum absolute atomic E-state index is 9.10. The molecule has 0 radical (unpaired) electrons. The van der Waals surface area contributed by atoms with Crippen LogP contribution in [0, 0.1) is 18.3 Å². The van der Waals surface area contributed by atoms with Crippen LogP contribution in [-0.2, 0) is 0 Å². The molecule has 0 spiro atoms. The number of anilines is 2. The fourth-order valence-electron chi connectivity index (χ4n) is 1.71. The summed E-state index contributed by atoms with van der Waals surface area (Å²) in [6.07, 6.45) is 0. The zero-order chi connectivity index (χ0) is 13.1. The Labute approximate surface area is 119 Å². The Hall–Kier alpha value is -1.50. The Morgan fingerprint density at radius 2 is 2.06 bits per heavy atom. The molecule has 2 nitrogen and oxygen atoms in total. The lowest BCUT2D eigenvalue weighted by Gasteiger charge is -2.10. The van der Waals surface area contributed by atoms with E-state index < -0.39 is 0 Å². The standard InChI is InChI=1S/C14H10BrClN2/c1-9-5-10(15)7-11(6-9)18-14-4-2-3-13(16)12(14)8-17/h2-7,18H,1H3. The van der Waals surface area contributed by atoms with Gasteiger partial charge in [0.05, 0.1) is 16.3 Å². The first kappa shape index (κ1) is 12.9. The van der Waals surface area contributed by atoms with Gasteiger partial charge in [0.1, 0.15) is 6.07 Å². The minimum absolute atomic E-state index is 0.453. The van der Waals surface area contributed by atoms with Gasteiger partial charge in [0.25, 0.3) is 0 Å². The highest BCUT2D eigenvalue weighted by molar-refractivity contribution is 9.10. The number of aryl methyl sites for hydroxylation is 1. The van der Waals surface area contributed by atoms with Crippen LogP contribution in [0.5, 0.6) is 0 Å². The summed E-state index contributed by atoms with van der Waals surface area (Å²) in [7, 11) is 0. The summed E-state index contributed by atoms with van der Waals surface area (Å²) >= 11 is 9.43. The number of nitrogens with one attached hydrogen (secondary N) is 1. The van der Waals surface area contributed by atoms with Crippen molar-refractivity contribution < 1.29 is 0 Å². The SMILES string of the molecule is Cc1cc(Br)cc(Nc2cccc(Cl)c2C#N)c1. The van der Waals surface area contributed by atoms with Gasteiger partial charge in [-0.15, -0.1) is 0 Å². The Bertz CT molecular complexity index is 612. The second-order valence-electron chi connectivity index (χ2n) is 3.92. The van der Waals surface area contributed by atoms with E-state index in [9.17, 15) is 0 Å². The Morgan fingerprint density at radius 1 is 1.28 bits per heavy atom. The Kier molecular flexibility index (Phi) is 3.90. The van der Waals surface area contributed by atoms with Crippen LogP contribution in [0.15, 0.2) is 40.9 Å². The van der Waals surface area contributed by atoms with Gasteiger partial charge in [-0.3, -0.25) is 0 Å². The molecule has 0 saturated heterocycles. The quantitative estimate of drug-likeness (QED) is 0.842. The van der Waals surface area contributed by atoms with E-state index in [0.29, 0.717) is 16.3 Å². The van der Waals surface area contributed by atoms with Crippen LogP contribution >= 0.6 is 27.5 Å². The first-order valence-electron chi connectivity index (χ1n) is 5.33. The number of nitriles is 1. The predicted molar refractivity (Wildman–Crippen MR) is 78.3 cm³/mol. The fraction of sp³-hybridized carbons (Fsp3) is 0.0714. The number of nitrogens with zero attached hydrogens (tertiary/aromatic N) is 1. The molecule has 0 aliphatic carbocycles. The molecule has 0 aromatic heterocycles. The van der Waals surface area contributed by atoms with E-state index >= 15 is 0 Å². The topological polar surface area (TPSA) is 35.8 Å². The molecule has 2 aromatic carbocycles. The van der Waals surface area contributed by atoms with Crippen LogP contribution in [0.2, 0.25) is 5.02 Å². The number of halogens is 2. The minimum Gasteiger partial charge on any atom is -0.354 e. The lowest BCUT2D eigenvalue weighted by molar-refractivity contribution is 1.42. The lowest BCUT2D eigenvalue weighted by atomic mass is 10.1. The normalized spacial score (nSPS) is 9.89. The first-order valence-corrected chi connectivity index (χ1v) is 6.50. The maximum atomic E-state index is 9.10. The molecule has 0 saturated carbocycles. The van der Waals surface area contributed by atoms with E-state index in [0.717, 1.165) is 15.7 Å². The number of hydrogen-bond donors (Lipinski definition) is 1. The molecule has 0 aliphatic rings. The highest BCUT2D eigenvalue weighted by Gasteiger charge is 2.06. The van der Waals surface area contributed by atoms with E-state index in [-0.39, 0.29) is 0 Å². The molecule has 0 amide bonds. The molecule has 2 rings (SSSR count). The molecule has 4 heteroatoms. The summed E-state index contributed by atoms with van der Waals surface area (Å²) in [6, 6.07) is 13.4. The largest absolute Gasteiger partial charge is 0.354 e. The van der Waals surface area contributed by atoms with Crippen LogP contribution in [0.4, 0.5) is 11.4 Å². The van der Waals surface area contributed by atoms with E-state index in [4.69, 9.17) is 16.9 Å². The van der Waals surface area contributed by atoms with Gasteiger partial charge < -0.3 is 5.32 Å². The molecule has 90 valence electrons. The van der Waals surface area contributed by atoms with Crippen LogP contribution in [0.3, 0.4) is 0 Å². The fourth-order valence-corrected chi connectivity index (χ4v) is 2.53. The van der Waals surface area contributed by atoms with Crippen molar-refractivity contribution in [2.45, 2.75) is 6.92 Å². The lowest BCUT2D eigenvalue weighted by Crippen LogP contribution is -1.94. The Balaban J connectivity index is 2.40. The smallest absolute Gasteiger partial charge is 0.103 e. The van der Waals surface area contributed by atoms with E-state index in [1.165, 1.54) is 0 Å². The average molecular weight is 322 g/mol. The predicted octanol–water partition coefficient (Wildman–Crippen LogP) is 5.03. The van der Waals surface area contributed by atoms with Gasteiger partial charge >= 0.3 is 0 Å². The Morgan fingerprint density at radius 3 is 2.72 bits per heavy atom. The zero-order valence-electron chi connectivity index (χ0n) is 9.67. The second kappa shape index (κ2) is 5.43. The molecule has 1 N–H and O–H groups in total. The van der Waals surface area contributed by atoms with Crippen molar-refractivity contribution in [1.29, 1.82) is 5.26 Å². The van der Waals surface area contributed by atoms with Gasteiger partial charge in [0.2, 0.25) is 0 Å². The monoisotopic (exact) mass is 320 g/mol. The molecule has 0 atom stereocenters. The van der Waals surface area contributed by atoms with Crippen molar-refractivity contribution in [3.63, 3.8) is 0 Å². The molecule has 0 bridgehead atoms. The maximum Gasteiger partial charge on any atom is 0.103 e. The summed E-state index contributed by atoms with van der Waals surface area (Å²) in [5.41, 5.74) is 3.22. The van der Waals surface area contributed by atoms with Gasteiger partial charge in [0, 0.05) is 10.2 Å². The first-order chi connectivity index (χ1) is 8.60. The van der Waals surface area contributed by atoms with Crippen molar-refractivity contribution >= 4 is 38.9 Å². The van der Waals surface area contributed by atoms with Crippen molar-refractivity contribution in [3.05, 3.63) is 57.0 Å². The van der Waals surface area contributed by atoms with Gasteiger partial charge in [-0.25, -0.2) is 0 Å². The highest BCUT2D eigenvalue weighted by atomic mass is 79.9. The zero-order valence-corrected chi connectivity index (χ0v) is 12.0. The molecule has 2 aromatic rings. The van der Waals surface area contributed by atoms with Gasteiger partial charge in [-0.05, 0) is 42.8 Å². The van der Waals surface area contributed by atoms with Gasteiger partial charge in [-0.1, -0.05) is 33.6 Å². The van der Waals surface area contributed by atoms with Crippen LogP contribution < -0.4 is 5.32 Å². The minimum atomic E-state index is 0.453. The molecule has 0 aliphatic heterocycles. The van der Waals surface area contributed by atoms with Gasteiger partial charge in [0.15, 0.2) is 0 Å². The summed E-state index contributed by atoms with van der Waals surface area (Å²) in [6.45, 7) is 2.01. The number of benzene rings is 2. The van der Waals surface area contributed by atoms with E-state index in [1.807, 2.05) is 37.3 Å². The molecular weight excluding hydrogens is 312 g/mol. The van der Waals surface area contributed by atoms with Crippen molar-refractivity contribution in [2.75, 3.05) is 5.32 Å². The van der Waals surface area contributed by atoms with Crippen LogP contribution in [-0.4, -0.2) is 0 Å². The third-order valence-electron chi connectivity index (χ3n) is 2.45. The van der Waals surface area contributed by atoms with Gasteiger partial charge in [-0.2, -0.15) is 5.26 Å². The van der Waals surface area contributed by atoms with Crippen molar-refractivity contribution in [3.8, 4) is 6.07 Å². The molecule has 0 heterocycles. The van der Waals surface area contributed by atoms with Crippen molar-refractivity contribution in [1.82, 2.24) is 0 Å². The number of rotatable bonds is 2. The van der Waals surface area contributed by atoms with E-state index in [2.05, 4.69) is 27.3 Å². The second-order valence-corrected chi connectivity index (χ2v) is 5.24. The molecule has 0 fully saturated rings. The highest BCUT2D eigenvalue weighted by Crippen LogP contribution is 2.28. The number of hydrogen-bond acceptors (Lipinski definition) is 2. The van der Waals surface area contributed by atoms with Crippen molar-refractivity contribution in [2.24, 2.45) is 0 Å². The molecule has 0 unspecified atom stereocenters. The summed E-state index contributed by atoms with van der Waals surface area (Å²) in [5.74, 6) is 0. The van der Waals surface area contributed by atoms with E-state index in [1.54, 1.807) is 6.07 Å². The average Bonchev–Trinajstić information content (AvgIpc) is 2.27. The summed E-state index contributed by atoms with van der Waals surface area (Å²) in [5, 5.41) is 12.8. The summed E-state index contributed by atoms with van der Waals surface area (Å²) in [4.78, 5) is 0. The molecule has 18 heavy (non-hydrogen) atoms. The molecular formula is C14H10BrClN2. The van der Waals surface area contributed by atoms with Crippen LogP contribution in [0.1, 0.15) is 11.1 Å².